The van der Waals surface area contributed by atoms with Crippen molar-refractivity contribution < 1.29 is 22.7 Å². The van der Waals surface area contributed by atoms with Gasteiger partial charge in [0.25, 0.3) is 0 Å². The topological polar surface area (TPSA) is 80.8 Å². The molecule has 0 bridgehead atoms. The minimum atomic E-state index is -3.59. The zero-order chi connectivity index (χ0) is 15.9. The van der Waals surface area contributed by atoms with Crippen molar-refractivity contribution >= 4 is 28.0 Å². The number of nitrogens with zero attached hydrogens (tertiary/aromatic N) is 1. The molecule has 0 aliphatic carbocycles. The Bertz CT molecular complexity index is 637. The fourth-order valence-electron chi connectivity index (χ4n) is 1.66. The van der Waals surface area contributed by atoms with Gasteiger partial charge in [0.15, 0.2) is 6.29 Å². The van der Waals surface area contributed by atoms with E-state index in [1.807, 2.05) is 0 Å². The molecule has 0 fully saturated rings. The fourth-order valence-corrected chi connectivity index (χ4v) is 2.54. The van der Waals surface area contributed by atoms with Crippen LogP contribution in [0.15, 0.2) is 36.4 Å². The quantitative estimate of drug-likeness (QED) is 0.432. The molecule has 0 spiro atoms. The first kappa shape index (κ1) is 16.9. The van der Waals surface area contributed by atoms with Crippen molar-refractivity contribution in [2.45, 2.75) is 6.92 Å². The van der Waals surface area contributed by atoms with E-state index in [1.54, 1.807) is 19.1 Å². The molecule has 1 rings (SSSR count). The van der Waals surface area contributed by atoms with Crippen LogP contribution in [-0.2, 0) is 19.6 Å². The van der Waals surface area contributed by atoms with E-state index >= 15 is 0 Å². The Balaban J connectivity index is 3.03. The molecular weight excluding hydrogens is 294 g/mol. The van der Waals surface area contributed by atoms with Crippen molar-refractivity contribution in [3.05, 3.63) is 42.0 Å². The Morgan fingerprint density at radius 3 is 2.57 bits per heavy atom. The number of aldehydes is 1. The van der Waals surface area contributed by atoms with Crippen LogP contribution in [0, 0.1) is 0 Å². The molecule has 6 nitrogen and oxygen atoms in total. The number of anilines is 1. The molecule has 0 unspecified atom stereocenters. The summed E-state index contributed by atoms with van der Waals surface area (Å²) in [6.45, 7) is 1.85. The molecule has 0 saturated carbocycles. The Labute approximate surface area is 124 Å². The van der Waals surface area contributed by atoms with Gasteiger partial charge in [0, 0.05) is 11.6 Å². The number of para-hydroxylation sites is 1. The van der Waals surface area contributed by atoms with Gasteiger partial charge >= 0.3 is 5.97 Å². The van der Waals surface area contributed by atoms with Crippen molar-refractivity contribution in [2.75, 3.05) is 23.7 Å². The Morgan fingerprint density at radius 2 is 2.00 bits per heavy atom. The summed E-state index contributed by atoms with van der Waals surface area (Å²) < 4.78 is 29.5. The van der Waals surface area contributed by atoms with Crippen molar-refractivity contribution in [3.8, 4) is 0 Å². The third-order valence-corrected chi connectivity index (χ3v) is 3.69. The van der Waals surface area contributed by atoms with Crippen LogP contribution in [0.1, 0.15) is 17.3 Å². The summed E-state index contributed by atoms with van der Waals surface area (Å²) >= 11 is 0. The van der Waals surface area contributed by atoms with E-state index in [4.69, 9.17) is 4.74 Å². The van der Waals surface area contributed by atoms with Crippen molar-refractivity contribution in [2.24, 2.45) is 0 Å². The SMILES string of the molecule is CCOC(=O)/C=C/CN(c1ccccc1C=O)S(C)(=O)=O. The van der Waals surface area contributed by atoms with E-state index in [0.29, 0.717) is 6.29 Å². The van der Waals surface area contributed by atoms with E-state index in [0.717, 1.165) is 16.6 Å². The normalized spacial score (nSPS) is 11.3. The highest BCUT2D eigenvalue weighted by atomic mass is 32.2. The molecule has 0 atom stereocenters. The number of carbonyl (C=O) groups is 2. The Hall–Kier alpha value is -2.15. The van der Waals surface area contributed by atoms with Gasteiger partial charge in [-0.3, -0.25) is 9.10 Å². The number of sulfonamides is 1. The summed E-state index contributed by atoms with van der Waals surface area (Å²) in [5.41, 5.74) is 0.524. The highest BCUT2D eigenvalue weighted by molar-refractivity contribution is 7.92. The first-order chi connectivity index (χ1) is 9.90. The third kappa shape index (κ3) is 5.03. The summed E-state index contributed by atoms with van der Waals surface area (Å²) in [6.07, 6.45) is 4.15. The van der Waals surface area contributed by atoms with Gasteiger partial charge in [-0.1, -0.05) is 18.2 Å². The molecule has 0 heterocycles. The number of rotatable bonds is 7. The molecule has 1 aromatic rings. The summed E-state index contributed by atoms with van der Waals surface area (Å²) in [5.74, 6) is -0.547. The third-order valence-electron chi connectivity index (χ3n) is 2.54. The predicted molar refractivity (Wildman–Crippen MR) is 79.8 cm³/mol. The van der Waals surface area contributed by atoms with Crippen LogP contribution < -0.4 is 4.31 Å². The standard InChI is InChI=1S/C14H17NO5S/c1-3-20-14(17)9-6-10-15(21(2,18)19)13-8-5-4-7-12(13)11-16/h4-9,11H,3,10H2,1-2H3/b9-6+. The van der Waals surface area contributed by atoms with Gasteiger partial charge in [-0.25, -0.2) is 13.2 Å². The Kier molecular flexibility index (Phi) is 6.10. The zero-order valence-electron chi connectivity index (χ0n) is 11.9. The number of hydrogen-bond acceptors (Lipinski definition) is 5. The second kappa shape index (κ2) is 7.58. The lowest BCUT2D eigenvalue weighted by Gasteiger charge is -2.22. The van der Waals surface area contributed by atoms with Gasteiger partial charge in [-0.15, -0.1) is 0 Å². The maximum Gasteiger partial charge on any atom is 0.330 e. The molecule has 21 heavy (non-hydrogen) atoms. The molecule has 114 valence electrons. The lowest BCUT2D eigenvalue weighted by Crippen LogP contribution is -2.31. The molecule has 0 aliphatic rings. The second-order valence-electron chi connectivity index (χ2n) is 4.13. The maximum absolute atomic E-state index is 11.9. The van der Waals surface area contributed by atoms with Crippen LogP contribution in [-0.4, -0.2) is 40.1 Å². The van der Waals surface area contributed by atoms with Gasteiger partial charge in [-0.05, 0) is 19.1 Å². The average Bonchev–Trinajstić information content (AvgIpc) is 2.42. The molecule has 0 amide bonds. The maximum atomic E-state index is 11.9. The van der Waals surface area contributed by atoms with Crippen LogP contribution >= 0.6 is 0 Å². The van der Waals surface area contributed by atoms with Crippen molar-refractivity contribution in [3.63, 3.8) is 0 Å². The monoisotopic (exact) mass is 311 g/mol. The number of ether oxygens (including phenoxy) is 1. The highest BCUT2D eigenvalue weighted by Crippen LogP contribution is 2.21. The number of carbonyl (C=O) groups excluding carboxylic acids is 2. The minimum absolute atomic E-state index is 0.0670. The van der Waals surface area contributed by atoms with Crippen molar-refractivity contribution in [1.82, 2.24) is 0 Å². The van der Waals surface area contributed by atoms with Crippen LogP contribution in [0.2, 0.25) is 0 Å². The predicted octanol–water partition coefficient (Wildman–Crippen LogP) is 1.38. The summed E-state index contributed by atoms with van der Waals surface area (Å²) in [5, 5.41) is 0. The summed E-state index contributed by atoms with van der Waals surface area (Å²) in [6, 6.07) is 6.33. The first-order valence-electron chi connectivity index (χ1n) is 6.25. The molecule has 0 saturated heterocycles. The summed E-state index contributed by atoms with van der Waals surface area (Å²) in [7, 11) is -3.59. The highest BCUT2D eigenvalue weighted by Gasteiger charge is 2.18. The van der Waals surface area contributed by atoms with Crippen LogP contribution in [0.4, 0.5) is 5.69 Å². The number of esters is 1. The second-order valence-corrected chi connectivity index (χ2v) is 6.03. The Morgan fingerprint density at radius 1 is 1.33 bits per heavy atom. The van der Waals surface area contributed by atoms with E-state index in [9.17, 15) is 18.0 Å². The van der Waals surface area contributed by atoms with E-state index < -0.39 is 16.0 Å². The van der Waals surface area contributed by atoms with Crippen LogP contribution in [0.3, 0.4) is 0 Å². The molecule has 0 radical (unpaired) electrons. The zero-order valence-corrected chi connectivity index (χ0v) is 12.7. The molecule has 1 aromatic carbocycles. The van der Waals surface area contributed by atoms with E-state index in [2.05, 4.69) is 0 Å². The van der Waals surface area contributed by atoms with Gasteiger partial charge in [-0.2, -0.15) is 0 Å². The van der Waals surface area contributed by atoms with Gasteiger partial charge in [0.2, 0.25) is 10.0 Å². The van der Waals surface area contributed by atoms with Crippen molar-refractivity contribution in [1.29, 1.82) is 0 Å². The molecule has 0 N–H and O–H groups in total. The molecular formula is C14H17NO5S. The minimum Gasteiger partial charge on any atom is -0.463 e. The molecule has 7 heteroatoms. The molecule has 0 aromatic heterocycles. The number of hydrogen-bond donors (Lipinski definition) is 0. The lowest BCUT2D eigenvalue weighted by atomic mass is 10.2. The fraction of sp³-hybridized carbons (Fsp3) is 0.286. The molecule has 0 aliphatic heterocycles. The number of benzene rings is 1. The largest absolute Gasteiger partial charge is 0.463 e. The van der Waals surface area contributed by atoms with Gasteiger partial charge < -0.3 is 4.74 Å². The summed E-state index contributed by atoms with van der Waals surface area (Å²) in [4.78, 5) is 22.2. The van der Waals surface area contributed by atoms with Gasteiger partial charge in [0.1, 0.15) is 0 Å². The first-order valence-corrected chi connectivity index (χ1v) is 8.10. The van der Waals surface area contributed by atoms with E-state index in [1.165, 1.54) is 18.2 Å². The van der Waals surface area contributed by atoms with Gasteiger partial charge in [0.05, 0.1) is 25.1 Å². The van der Waals surface area contributed by atoms with Crippen LogP contribution in [0.25, 0.3) is 0 Å². The lowest BCUT2D eigenvalue weighted by molar-refractivity contribution is -0.137. The smallest absolute Gasteiger partial charge is 0.330 e. The van der Waals surface area contributed by atoms with Crippen LogP contribution in [0.5, 0.6) is 0 Å². The average molecular weight is 311 g/mol. The van der Waals surface area contributed by atoms with E-state index in [-0.39, 0.29) is 24.4 Å².